The Labute approximate surface area is 137 Å². The van der Waals surface area contributed by atoms with Crippen LogP contribution in [0.3, 0.4) is 0 Å². The first-order chi connectivity index (χ1) is 10.8. The van der Waals surface area contributed by atoms with E-state index in [1.165, 1.54) is 0 Å². The van der Waals surface area contributed by atoms with Crippen LogP contribution in [0, 0.1) is 0 Å². The van der Waals surface area contributed by atoms with Gasteiger partial charge in [-0.1, -0.05) is 12.1 Å². The highest BCUT2D eigenvalue weighted by atomic mass is 16.7. The quantitative estimate of drug-likeness (QED) is 0.841. The van der Waals surface area contributed by atoms with Crippen molar-refractivity contribution in [3.05, 3.63) is 35.4 Å². The maximum atomic E-state index is 12.4. The Morgan fingerprint density at radius 3 is 2.04 bits per heavy atom. The van der Waals surface area contributed by atoms with Crippen molar-refractivity contribution in [3.63, 3.8) is 0 Å². The highest BCUT2D eigenvalue weighted by Crippen LogP contribution is 2.44. The van der Waals surface area contributed by atoms with Crippen molar-refractivity contribution >= 4 is 5.91 Å². The average Bonchev–Trinajstić information content (AvgIpc) is 2.76. The number of amides is 1. The normalized spacial score (nSPS) is 23.9. The maximum absolute atomic E-state index is 12.4. The molecule has 0 N–H and O–H groups in total. The molecule has 2 heterocycles. The van der Waals surface area contributed by atoms with Crippen molar-refractivity contribution in [2.24, 2.45) is 0 Å². The van der Waals surface area contributed by atoms with E-state index in [-0.39, 0.29) is 17.1 Å². The number of nitrogens with zero attached hydrogens (tertiary/aromatic N) is 1. The Kier molecular flexibility index (Phi) is 4.21. The summed E-state index contributed by atoms with van der Waals surface area (Å²) < 4.78 is 17.3. The molecule has 5 nitrogen and oxygen atoms in total. The lowest BCUT2D eigenvalue weighted by Crippen LogP contribution is -2.41. The third-order valence-corrected chi connectivity index (χ3v) is 4.98. The maximum Gasteiger partial charge on any atom is 0.254 e. The fraction of sp³-hybridized carbons (Fsp3) is 0.611. The van der Waals surface area contributed by atoms with Gasteiger partial charge in [0.25, 0.3) is 5.91 Å². The van der Waals surface area contributed by atoms with Crippen LogP contribution in [0.15, 0.2) is 24.3 Å². The molecule has 2 saturated heterocycles. The number of rotatable bonds is 2. The van der Waals surface area contributed by atoms with E-state index < -0.39 is 6.29 Å². The number of carbonyl (C=O) groups excluding carboxylic acids is 1. The van der Waals surface area contributed by atoms with Gasteiger partial charge in [0.2, 0.25) is 0 Å². The Bertz CT molecular complexity index is 557. The number of morpholine rings is 1. The van der Waals surface area contributed by atoms with Gasteiger partial charge >= 0.3 is 0 Å². The molecule has 0 bridgehead atoms. The Morgan fingerprint density at radius 2 is 1.52 bits per heavy atom. The second-order valence-electron chi connectivity index (χ2n) is 7.11. The number of benzene rings is 1. The van der Waals surface area contributed by atoms with E-state index in [2.05, 4.69) is 0 Å². The van der Waals surface area contributed by atoms with Crippen LogP contribution in [0.2, 0.25) is 0 Å². The van der Waals surface area contributed by atoms with Gasteiger partial charge in [-0.2, -0.15) is 0 Å². The van der Waals surface area contributed by atoms with E-state index in [0.29, 0.717) is 31.9 Å². The highest BCUT2D eigenvalue weighted by molar-refractivity contribution is 5.94. The molecule has 1 aromatic rings. The largest absolute Gasteiger partial charge is 0.378 e. The molecular formula is C18H25NO4. The zero-order chi connectivity index (χ0) is 16.7. The lowest BCUT2D eigenvalue weighted by atomic mass is 9.90. The zero-order valence-electron chi connectivity index (χ0n) is 14.3. The molecule has 0 atom stereocenters. The SMILES string of the molecule is CC1(C)OC(c2ccc(C(=O)N3CCOCC3)cc2)OC1(C)C. The highest BCUT2D eigenvalue weighted by Gasteiger charge is 2.49. The number of carbonyl (C=O) groups is 1. The van der Waals surface area contributed by atoms with Gasteiger partial charge in [0.05, 0.1) is 24.4 Å². The second kappa shape index (κ2) is 5.89. The minimum atomic E-state index is -0.396. The molecule has 126 valence electrons. The zero-order valence-corrected chi connectivity index (χ0v) is 14.3. The molecule has 1 aromatic carbocycles. The molecule has 5 heteroatoms. The van der Waals surface area contributed by atoms with Crippen molar-refractivity contribution in [3.8, 4) is 0 Å². The topological polar surface area (TPSA) is 48.0 Å². The molecular weight excluding hydrogens is 294 g/mol. The van der Waals surface area contributed by atoms with E-state index in [1.54, 1.807) is 0 Å². The molecule has 0 spiro atoms. The monoisotopic (exact) mass is 319 g/mol. The fourth-order valence-electron chi connectivity index (χ4n) is 2.71. The molecule has 0 radical (unpaired) electrons. The summed E-state index contributed by atoms with van der Waals surface area (Å²) >= 11 is 0. The first-order valence-corrected chi connectivity index (χ1v) is 8.13. The van der Waals surface area contributed by atoms with Crippen LogP contribution in [0.1, 0.15) is 49.9 Å². The third kappa shape index (κ3) is 3.13. The molecule has 2 fully saturated rings. The van der Waals surface area contributed by atoms with Crippen molar-refractivity contribution < 1.29 is 19.0 Å². The second-order valence-corrected chi connectivity index (χ2v) is 7.11. The standard InChI is InChI=1S/C18H25NO4/c1-17(2)18(3,4)23-16(22-17)14-7-5-13(6-8-14)15(20)19-9-11-21-12-10-19/h5-8,16H,9-12H2,1-4H3. The first-order valence-electron chi connectivity index (χ1n) is 8.13. The van der Waals surface area contributed by atoms with Crippen LogP contribution in [-0.4, -0.2) is 48.3 Å². The first kappa shape index (κ1) is 16.4. The van der Waals surface area contributed by atoms with Crippen LogP contribution in [0.25, 0.3) is 0 Å². The molecule has 2 aliphatic heterocycles. The van der Waals surface area contributed by atoms with Crippen LogP contribution < -0.4 is 0 Å². The molecule has 3 rings (SSSR count). The molecule has 1 amide bonds. The lowest BCUT2D eigenvalue weighted by Gasteiger charge is -2.30. The van der Waals surface area contributed by atoms with E-state index >= 15 is 0 Å². The predicted molar refractivity (Wildman–Crippen MR) is 86.2 cm³/mol. The summed E-state index contributed by atoms with van der Waals surface area (Å²) in [5.74, 6) is 0.0498. The van der Waals surface area contributed by atoms with Crippen LogP contribution >= 0.6 is 0 Å². The Hall–Kier alpha value is -1.43. The summed E-state index contributed by atoms with van der Waals surface area (Å²) in [4.78, 5) is 14.3. The van der Waals surface area contributed by atoms with Gasteiger partial charge in [-0.15, -0.1) is 0 Å². The van der Waals surface area contributed by atoms with Gasteiger partial charge in [-0.3, -0.25) is 4.79 Å². The van der Waals surface area contributed by atoms with Gasteiger partial charge < -0.3 is 19.1 Å². The van der Waals surface area contributed by atoms with Crippen LogP contribution in [0.4, 0.5) is 0 Å². The summed E-state index contributed by atoms with van der Waals surface area (Å²) in [5, 5.41) is 0. The number of ether oxygens (including phenoxy) is 3. The van der Waals surface area contributed by atoms with E-state index in [4.69, 9.17) is 14.2 Å². The molecule has 2 aliphatic rings. The van der Waals surface area contributed by atoms with Crippen molar-refractivity contribution in [1.82, 2.24) is 4.90 Å². The van der Waals surface area contributed by atoms with Crippen LogP contribution in [-0.2, 0) is 14.2 Å². The van der Waals surface area contributed by atoms with E-state index in [9.17, 15) is 4.79 Å². The lowest BCUT2D eigenvalue weighted by molar-refractivity contribution is -0.0895. The number of hydrogen-bond acceptors (Lipinski definition) is 4. The summed E-state index contributed by atoms with van der Waals surface area (Å²) in [7, 11) is 0. The third-order valence-electron chi connectivity index (χ3n) is 4.98. The van der Waals surface area contributed by atoms with E-state index in [1.807, 2.05) is 56.9 Å². The fourth-order valence-corrected chi connectivity index (χ4v) is 2.71. The van der Waals surface area contributed by atoms with Gasteiger partial charge in [0.15, 0.2) is 6.29 Å². The van der Waals surface area contributed by atoms with E-state index in [0.717, 1.165) is 5.56 Å². The van der Waals surface area contributed by atoms with Gasteiger partial charge in [0, 0.05) is 24.2 Å². The molecule has 23 heavy (non-hydrogen) atoms. The molecule has 0 unspecified atom stereocenters. The minimum absolute atomic E-state index is 0.0498. The molecule has 0 aliphatic carbocycles. The Morgan fingerprint density at radius 1 is 1.00 bits per heavy atom. The van der Waals surface area contributed by atoms with Gasteiger partial charge in [-0.05, 0) is 39.8 Å². The predicted octanol–water partition coefficient (Wildman–Crippen LogP) is 2.76. The molecule has 0 saturated carbocycles. The average molecular weight is 319 g/mol. The van der Waals surface area contributed by atoms with Crippen molar-refractivity contribution in [2.45, 2.75) is 45.2 Å². The molecule has 0 aromatic heterocycles. The Balaban J connectivity index is 1.71. The van der Waals surface area contributed by atoms with Gasteiger partial charge in [0.1, 0.15) is 0 Å². The summed E-state index contributed by atoms with van der Waals surface area (Å²) in [6, 6.07) is 7.52. The minimum Gasteiger partial charge on any atom is -0.378 e. The summed E-state index contributed by atoms with van der Waals surface area (Å²) in [6.45, 7) is 10.6. The van der Waals surface area contributed by atoms with Crippen molar-refractivity contribution in [1.29, 1.82) is 0 Å². The van der Waals surface area contributed by atoms with Crippen molar-refractivity contribution in [2.75, 3.05) is 26.3 Å². The van der Waals surface area contributed by atoms with Crippen LogP contribution in [0.5, 0.6) is 0 Å². The number of hydrogen-bond donors (Lipinski definition) is 0. The summed E-state index contributed by atoms with van der Waals surface area (Å²) in [5.41, 5.74) is 0.897. The van der Waals surface area contributed by atoms with Gasteiger partial charge in [-0.25, -0.2) is 0 Å². The summed E-state index contributed by atoms with van der Waals surface area (Å²) in [6.07, 6.45) is -0.396. The smallest absolute Gasteiger partial charge is 0.254 e.